The van der Waals surface area contributed by atoms with Gasteiger partial charge in [-0.1, -0.05) is 29.3 Å². The summed E-state index contributed by atoms with van der Waals surface area (Å²) < 4.78 is 0. The van der Waals surface area contributed by atoms with Gasteiger partial charge in [0.25, 0.3) is 0 Å². The normalized spacial score (nSPS) is 12.0. The van der Waals surface area contributed by atoms with Crippen molar-refractivity contribution in [3.63, 3.8) is 0 Å². The summed E-state index contributed by atoms with van der Waals surface area (Å²) in [6.45, 7) is 4.87. The van der Waals surface area contributed by atoms with Crippen LogP contribution >= 0.6 is 11.8 Å². The predicted molar refractivity (Wildman–Crippen MR) is 90.0 cm³/mol. The van der Waals surface area contributed by atoms with Crippen molar-refractivity contribution in [3.05, 3.63) is 34.9 Å². The van der Waals surface area contributed by atoms with Crippen LogP contribution in [0.2, 0.25) is 0 Å². The molecule has 5 heteroatoms. The largest absolute Gasteiger partial charge is 0.396 e. The first kappa shape index (κ1) is 17.9. The van der Waals surface area contributed by atoms with Crippen molar-refractivity contribution >= 4 is 17.8 Å². The van der Waals surface area contributed by atoms with Crippen LogP contribution in [0.3, 0.4) is 0 Å². The van der Waals surface area contributed by atoms with E-state index in [1.165, 1.54) is 16.7 Å². The van der Waals surface area contributed by atoms with Crippen LogP contribution in [-0.2, 0) is 6.42 Å². The van der Waals surface area contributed by atoms with Crippen molar-refractivity contribution < 1.29 is 9.90 Å². The molecule has 0 spiro atoms. The Morgan fingerprint density at radius 2 is 1.95 bits per heavy atom. The molecule has 1 rings (SSSR count). The molecular weight excluding hydrogens is 284 g/mol. The van der Waals surface area contributed by atoms with Crippen molar-refractivity contribution in [2.24, 2.45) is 0 Å². The number of benzene rings is 1. The maximum Gasteiger partial charge on any atom is 0.315 e. The van der Waals surface area contributed by atoms with E-state index in [4.69, 9.17) is 5.11 Å². The average Bonchev–Trinajstić information content (AvgIpc) is 2.38. The fourth-order valence-electron chi connectivity index (χ4n) is 2.32. The first-order chi connectivity index (χ1) is 10.0. The molecule has 1 aromatic rings. The molecule has 0 saturated heterocycles. The lowest BCUT2D eigenvalue weighted by atomic mass is 10.1. The number of thioether (sulfide) groups is 1. The van der Waals surface area contributed by atoms with Gasteiger partial charge in [0.2, 0.25) is 0 Å². The summed E-state index contributed by atoms with van der Waals surface area (Å²) in [5.74, 6) is 0.811. The number of urea groups is 1. The first-order valence-corrected chi connectivity index (χ1v) is 8.66. The average molecular weight is 310 g/mol. The lowest BCUT2D eigenvalue weighted by Gasteiger charge is -2.17. The summed E-state index contributed by atoms with van der Waals surface area (Å²) in [5.41, 5.74) is 3.73. The number of aliphatic hydroxyl groups excluding tert-OH is 1. The highest BCUT2D eigenvalue weighted by molar-refractivity contribution is 7.98. The van der Waals surface area contributed by atoms with Crippen LogP contribution in [0, 0.1) is 13.8 Å². The van der Waals surface area contributed by atoms with E-state index in [2.05, 4.69) is 42.7 Å². The summed E-state index contributed by atoms with van der Waals surface area (Å²) in [6, 6.07) is 6.30. The van der Waals surface area contributed by atoms with Gasteiger partial charge < -0.3 is 15.7 Å². The predicted octanol–water partition coefficient (Wildman–Crippen LogP) is 2.26. The van der Waals surface area contributed by atoms with E-state index in [1.807, 2.05) is 6.26 Å². The van der Waals surface area contributed by atoms with E-state index in [1.54, 1.807) is 11.8 Å². The van der Waals surface area contributed by atoms with E-state index in [-0.39, 0.29) is 18.7 Å². The Labute approximate surface area is 131 Å². The van der Waals surface area contributed by atoms with Crippen LogP contribution in [0.5, 0.6) is 0 Å². The minimum absolute atomic E-state index is 0.0196. The second kappa shape index (κ2) is 9.68. The zero-order chi connectivity index (χ0) is 15.7. The van der Waals surface area contributed by atoms with Crippen LogP contribution < -0.4 is 10.6 Å². The number of nitrogens with one attached hydrogen (secondary N) is 2. The summed E-state index contributed by atoms with van der Waals surface area (Å²) in [5, 5.41) is 14.7. The fourth-order valence-corrected chi connectivity index (χ4v) is 2.98. The van der Waals surface area contributed by atoms with Gasteiger partial charge in [0.1, 0.15) is 0 Å². The molecule has 0 fully saturated rings. The highest BCUT2D eigenvalue weighted by Crippen LogP contribution is 2.09. The Hall–Kier alpha value is -1.20. The summed E-state index contributed by atoms with van der Waals surface area (Å²) in [4.78, 5) is 11.8. The number of hydrogen-bond donors (Lipinski definition) is 3. The van der Waals surface area contributed by atoms with Crippen molar-refractivity contribution in [1.29, 1.82) is 0 Å². The standard InChI is InChI=1S/C16H26N2O2S/c1-12-8-13(2)10-14(9-12)4-6-17-16(20)18-15(5-7-19)11-21-3/h8-10,15,19H,4-7,11H2,1-3H3,(H2,17,18,20). The van der Waals surface area contributed by atoms with Crippen molar-refractivity contribution in [2.45, 2.75) is 32.7 Å². The molecule has 0 aromatic heterocycles. The minimum atomic E-state index is -0.160. The molecule has 0 aliphatic rings. The van der Waals surface area contributed by atoms with Gasteiger partial charge in [-0.3, -0.25) is 0 Å². The van der Waals surface area contributed by atoms with Crippen molar-refractivity contribution in [2.75, 3.05) is 25.2 Å². The SMILES string of the molecule is CSCC(CCO)NC(=O)NCCc1cc(C)cc(C)c1. The smallest absolute Gasteiger partial charge is 0.315 e. The van der Waals surface area contributed by atoms with Gasteiger partial charge in [-0.05, 0) is 38.5 Å². The molecule has 4 nitrogen and oxygen atoms in total. The maximum atomic E-state index is 11.8. The molecule has 3 N–H and O–H groups in total. The second-order valence-electron chi connectivity index (χ2n) is 5.31. The lowest BCUT2D eigenvalue weighted by molar-refractivity contribution is 0.231. The number of aryl methyl sites for hydroxylation is 2. The summed E-state index contributed by atoms with van der Waals surface area (Å²) in [6.07, 6.45) is 3.40. The van der Waals surface area contributed by atoms with Gasteiger partial charge in [0.05, 0.1) is 0 Å². The Morgan fingerprint density at radius 1 is 1.29 bits per heavy atom. The van der Waals surface area contributed by atoms with E-state index in [9.17, 15) is 4.79 Å². The Kier molecular flexibility index (Phi) is 8.23. The second-order valence-corrected chi connectivity index (χ2v) is 6.22. The van der Waals surface area contributed by atoms with Crippen LogP contribution in [0.25, 0.3) is 0 Å². The van der Waals surface area contributed by atoms with Crippen LogP contribution in [-0.4, -0.2) is 42.3 Å². The number of carbonyl (C=O) groups excluding carboxylic acids is 1. The van der Waals surface area contributed by atoms with Gasteiger partial charge in [-0.25, -0.2) is 4.79 Å². The number of amides is 2. The number of aliphatic hydroxyl groups is 1. The molecule has 0 saturated carbocycles. The van der Waals surface area contributed by atoms with Gasteiger partial charge in [-0.15, -0.1) is 0 Å². The van der Waals surface area contributed by atoms with Crippen molar-refractivity contribution in [1.82, 2.24) is 10.6 Å². The Balaban J connectivity index is 2.35. The monoisotopic (exact) mass is 310 g/mol. The molecular formula is C16H26N2O2S. The highest BCUT2D eigenvalue weighted by atomic mass is 32.2. The quantitative estimate of drug-likeness (QED) is 0.690. The van der Waals surface area contributed by atoms with E-state index in [0.717, 1.165) is 12.2 Å². The van der Waals surface area contributed by atoms with Gasteiger partial charge in [0.15, 0.2) is 0 Å². The van der Waals surface area contributed by atoms with Crippen molar-refractivity contribution in [3.8, 4) is 0 Å². The molecule has 1 aromatic carbocycles. The van der Waals surface area contributed by atoms with E-state index >= 15 is 0 Å². The van der Waals surface area contributed by atoms with Crippen LogP contribution in [0.1, 0.15) is 23.1 Å². The molecule has 21 heavy (non-hydrogen) atoms. The van der Waals surface area contributed by atoms with Crippen LogP contribution in [0.15, 0.2) is 18.2 Å². The third-order valence-corrected chi connectivity index (χ3v) is 3.90. The molecule has 0 aliphatic heterocycles. The van der Waals surface area contributed by atoms with Crippen LogP contribution in [0.4, 0.5) is 4.79 Å². The number of carbonyl (C=O) groups is 1. The van der Waals surface area contributed by atoms with Gasteiger partial charge >= 0.3 is 6.03 Å². The minimum Gasteiger partial charge on any atom is -0.396 e. The first-order valence-electron chi connectivity index (χ1n) is 7.26. The molecule has 0 aliphatic carbocycles. The molecule has 118 valence electrons. The zero-order valence-corrected chi connectivity index (χ0v) is 13.9. The third kappa shape index (κ3) is 7.39. The summed E-state index contributed by atoms with van der Waals surface area (Å²) in [7, 11) is 0. The molecule has 0 bridgehead atoms. The number of hydrogen-bond acceptors (Lipinski definition) is 3. The maximum absolute atomic E-state index is 11.8. The number of rotatable bonds is 8. The summed E-state index contributed by atoms with van der Waals surface area (Å²) >= 11 is 1.66. The fraction of sp³-hybridized carbons (Fsp3) is 0.562. The van der Waals surface area contributed by atoms with E-state index < -0.39 is 0 Å². The highest BCUT2D eigenvalue weighted by Gasteiger charge is 2.10. The lowest BCUT2D eigenvalue weighted by Crippen LogP contribution is -2.44. The topological polar surface area (TPSA) is 61.4 Å². The molecule has 2 amide bonds. The Morgan fingerprint density at radius 3 is 2.52 bits per heavy atom. The Bertz CT molecular complexity index is 426. The molecule has 0 heterocycles. The van der Waals surface area contributed by atoms with Gasteiger partial charge in [-0.2, -0.15) is 11.8 Å². The molecule has 0 radical (unpaired) electrons. The van der Waals surface area contributed by atoms with E-state index in [0.29, 0.717) is 13.0 Å². The molecule has 1 atom stereocenters. The molecule has 1 unspecified atom stereocenters. The zero-order valence-electron chi connectivity index (χ0n) is 13.1. The third-order valence-electron chi connectivity index (χ3n) is 3.16. The van der Waals surface area contributed by atoms with Gasteiger partial charge in [0, 0.05) is 24.9 Å².